The van der Waals surface area contributed by atoms with Crippen LogP contribution in [0.15, 0.2) is 71.9 Å². The third-order valence-corrected chi connectivity index (χ3v) is 5.09. The molecule has 7 nitrogen and oxygen atoms in total. The number of hydrogen-bond donors (Lipinski definition) is 1. The number of ether oxygens (including phenoxy) is 1. The van der Waals surface area contributed by atoms with Crippen LogP contribution >= 0.6 is 0 Å². The van der Waals surface area contributed by atoms with Gasteiger partial charge in [-0.2, -0.15) is 5.10 Å². The molecule has 2 aromatic carbocycles. The van der Waals surface area contributed by atoms with Crippen molar-refractivity contribution in [1.82, 2.24) is 14.5 Å². The van der Waals surface area contributed by atoms with E-state index in [0.717, 1.165) is 11.3 Å². The van der Waals surface area contributed by atoms with Gasteiger partial charge in [-0.05, 0) is 37.4 Å². The number of esters is 1. The highest BCUT2D eigenvalue weighted by atomic mass is 32.2. The van der Waals surface area contributed by atoms with Crippen molar-refractivity contribution < 1.29 is 17.9 Å². The smallest absolute Gasteiger partial charge is 0.338 e. The van der Waals surface area contributed by atoms with Gasteiger partial charge >= 0.3 is 5.97 Å². The van der Waals surface area contributed by atoms with Crippen LogP contribution in [0.4, 0.5) is 0 Å². The number of aromatic nitrogens is 2. The third-order valence-electron chi connectivity index (χ3n) is 3.68. The SMILES string of the molecule is CNS(=O)(=O)c1cccc(C(=O)OCc2cnn(-c3ccccc3)c2)c1. The van der Waals surface area contributed by atoms with Gasteiger partial charge in [-0.25, -0.2) is 22.6 Å². The van der Waals surface area contributed by atoms with Crippen LogP contribution in [0.5, 0.6) is 0 Å². The fourth-order valence-electron chi connectivity index (χ4n) is 2.30. The first-order chi connectivity index (χ1) is 12.5. The minimum atomic E-state index is -3.62. The van der Waals surface area contributed by atoms with Gasteiger partial charge in [0.2, 0.25) is 10.0 Å². The molecule has 0 saturated heterocycles. The molecule has 0 unspecified atom stereocenters. The summed E-state index contributed by atoms with van der Waals surface area (Å²) < 4.78 is 32.8. The molecule has 1 N–H and O–H groups in total. The Bertz CT molecular complexity index is 1010. The number of carbonyl (C=O) groups excluding carboxylic acids is 1. The van der Waals surface area contributed by atoms with Crippen molar-refractivity contribution in [3.05, 3.63) is 78.1 Å². The molecule has 0 aliphatic rings. The number of benzene rings is 2. The van der Waals surface area contributed by atoms with E-state index >= 15 is 0 Å². The maximum absolute atomic E-state index is 12.2. The fourth-order valence-corrected chi connectivity index (χ4v) is 3.07. The van der Waals surface area contributed by atoms with Crippen LogP contribution < -0.4 is 4.72 Å². The van der Waals surface area contributed by atoms with Gasteiger partial charge in [0.25, 0.3) is 0 Å². The van der Waals surface area contributed by atoms with Crippen molar-refractivity contribution in [2.75, 3.05) is 7.05 Å². The van der Waals surface area contributed by atoms with Crippen LogP contribution in [0.3, 0.4) is 0 Å². The summed E-state index contributed by atoms with van der Waals surface area (Å²) in [7, 11) is -2.31. The molecule has 8 heteroatoms. The molecular formula is C18H17N3O4S. The molecule has 3 rings (SSSR count). The molecule has 0 amide bonds. The summed E-state index contributed by atoms with van der Waals surface area (Å²) in [6.07, 6.45) is 3.38. The molecule has 0 aliphatic carbocycles. The minimum absolute atomic E-state index is 0.00588. The predicted molar refractivity (Wildman–Crippen MR) is 95.4 cm³/mol. The maximum atomic E-state index is 12.2. The molecule has 0 saturated carbocycles. The Kier molecular flexibility index (Phi) is 5.15. The standard InChI is InChI=1S/C18H17N3O4S/c1-19-26(23,24)17-9-5-6-15(10-17)18(22)25-13-14-11-20-21(12-14)16-7-3-2-4-8-16/h2-12,19H,13H2,1H3. The van der Waals surface area contributed by atoms with Crippen LogP contribution in [0, 0.1) is 0 Å². The summed E-state index contributed by atoms with van der Waals surface area (Å²) in [6, 6.07) is 15.2. The van der Waals surface area contributed by atoms with Crippen LogP contribution in [0.2, 0.25) is 0 Å². The Morgan fingerprint density at radius 2 is 1.92 bits per heavy atom. The number of carbonyl (C=O) groups is 1. The van der Waals surface area contributed by atoms with Crippen molar-refractivity contribution >= 4 is 16.0 Å². The van der Waals surface area contributed by atoms with E-state index < -0.39 is 16.0 Å². The Morgan fingerprint density at radius 1 is 1.15 bits per heavy atom. The first-order valence-electron chi connectivity index (χ1n) is 7.79. The number of sulfonamides is 1. The lowest BCUT2D eigenvalue weighted by Crippen LogP contribution is -2.19. The molecule has 0 aliphatic heterocycles. The van der Waals surface area contributed by atoms with Gasteiger partial charge in [0.1, 0.15) is 6.61 Å². The van der Waals surface area contributed by atoms with Crippen molar-refractivity contribution in [1.29, 1.82) is 0 Å². The zero-order chi connectivity index (χ0) is 18.6. The van der Waals surface area contributed by atoms with Gasteiger partial charge in [0.15, 0.2) is 0 Å². The van der Waals surface area contributed by atoms with E-state index in [4.69, 9.17) is 4.74 Å². The molecule has 0 radical (unpaired) electrons. The van der Waals surface area contributed by atoms with Crippen molar-refractivity contribution in [3.8, 4) is 5.69 Å². The zero-order valence-electron chi connectivity index (χ0n) is 14.0. The van der Waals surface area contributed by atoms with Crippen LogP contribution in [0.1, 0.15) is 15.9 Å². The summed E-state index contributed by atoms with van der Waals surface area (Å²) in [6.45, 7) is 0.0364. The number of rotatable bonds is 6. The summed E-state index contributed by atoms with van der Waals surface area (Å²) in [5, 5.41) is 4.23. The molecule has 0 fully saturated rings. The van der Waals surface area contributed by atoms with E-state index in [1.807, 2.05) is 30.3 Å². The second-order valence-electron chi connectivity index (χ2n) is 5.44. The van der Waals surface area contributed by atoms with E-state index in [9.17, 15) is 13.2 Å². The Hall–Kier alpha value is -2.97. The molecule has 3 aromatic rings. The highest BCUT2D eigenvalue weighted by molar-refractivity contribution is 7.89. The van der Waals surface area contributed by atoms with Gasteiger partial charge in [0.05, 0.1) is 22.3 Å². The molecule has 0 atom stereocenters. The molecule has 0 spiro atoms. The van der Waals surface area contributed by atoms with Gasteiger partial charge in [-0.1, -0.05) is 24.3 Å². The second-order valence-corrected chi connectivity index (χ2v) is 7.33. The van der Waals surface area contributed by atoms with E-state index in [0.29, 0.717) is 0 Å². The summed E-state index contributed by atoms with van der Waals surface area (Å²) in [5.74, 6) is -0.606. The van der Waals surface area contributed by atoms with E-state index in [1.54, 1.807) is 17.1 Å². The molecule has 0 bridgehead atoms. The van der Waals surface area contributed by atoms with Gasteiger partial charge in [0, 0.05) is 11.8 Å². The average molecular weight is 371 g/mol. The van der Waals surface area contributed by atoms with E-state index in [1.165, 1.54) is 31.3 Å². The van der Waals surface area contributed by atoms with Gasteiger partial charge in [-0.3, -0.25) is 0 Å². The summed E-state index contributed by atoms with van der Waals surface area (Å²) >= 11 is 0. The van der Waals surface area contributed by atoms with E-state index in [2.05, 4.69) is 9.82 Å². The summed E-state index contributed by atoms with van der Waals surface area (Å²) in [5.41, 5.74) is 1.79. The lowest BCUT2D eigenvalue weighted by Gasteiger charge is -2.06. The first kappa shape index (κ1) is 17.8. The maximum Gasteiger partial charge on any atom is 0.338 e. The van der Waals surface area contributed by atoms with Crippen LogP contribution in [-0.4, -0.2) is 31.2 Å². The topological polar surface area (TPSA) is 90.3 Å². The third kappa shape index (κ3) is 3.98. The largest absolute Gasteiger partial charge is 0.457 e. The number of para-hydroxylation sites is 1. The highest BCUT2D eigenvalue weighted by Gasteiger charge is 2.15. The quantitative estimate of drug-likeness (QED) is 0.671. The van der Waals surface area contributed by atoms with Crippen molar-refractivity contribution in [2.45, 2.75) is 11.5 Å². The Labute approximate surface area is 151 Å². The zero-order valence-corrected chi connectivity index (χ0v) is 14.8. The lowest BCUT2D eigenvalue weighted by molar-refractivity contribution is 0.0472. The van der Waals surface area contributed by atoms with Crippen LogP contribution in [0.25, 0.3) is 5.69 Å². The molecule has 1 aromatic heterocycles. The Balaban J connectivity index is 1.68. The number of hydrogen-bond acceptors (Lipinski definition) is 5. The predicted octanol–water partition coefficient (Wildman–Crippen LogP) is 2.14. The summed E-state index contributed by atoms with van der Waals surface area (Å²) in [4.78, 5) is 12.2. The van der Waals surface area contributed by atoms with Gasteiger partial charge in [-0.15, -0.1) is 0 Å². The molecule has 1 heterocycles. The second kappa shape index (κ2) is 7.51. The normalized spacial score (nSPS) is 11.3. The van der Waals surface area contributed by atoms with Crippen molar-refractivity contribution in [3.63, 3.8) is 0 Å². The lowest BCUT2D eigenvalue weighted by atomic mass is 10.2. The van der Waals surface area contributed by atoms with Crippen LogP contribution in [-0.2, 0) is 21.4 Å². The first-order valence-corrected chi connectivity index (χ1v) is 9.27. The van der Waals surface area contributed by atoms with E-state index in [-0.39, 0.29) is 17.1 Å². The molecular weight excluding hydrogens is 354 g/mol. The molecule has 134 valence electrons. The van der Waals surface area contributed by atoms with Crippen molar-refractivity contribution in [2.24, 2.45) is 0 Å². The number of nitrogens with zero attached hydrogens (tertiary/aromatic N) is 2. The Morgan fingerprint density at radius 3 is 2.65 bits per heavy atom. The monoisotopic (exact) mass is 371 g/mol. The number of nitrogens with one attached hydrogen (secondary N) is 1. The minimum Gasteiger partial charge on any atom is -0.457 e. The van der Waals surface area contributed by atoms with Gasteiger partial charge < -0.3 is 4.74 Å². The fraction of sp³-hybridized carbons (Fsp3) is 0.111. The average Bonchev–Trinajstić information content (AvgIpc) is 3.16. The molecule has 26 heavy (non-hydrogen) atoms. The highest BCUT2D eigenvalue weighted by Crippen LogP contribution is 2.14.